The topological polar surface area (TPSA) is 87.0 Å². The van der Waals surface area contributed by atoms with E-state index in [0.717, 1.165) is 0 Å². The van der Waals surface area contributed by atoms with Crippen molar-refractivity contribution in [2.24, 2.45) is 0 Å². The Balaban J connectivity index is 2.05. The maximum Gasteiger partial charge on any atom is 0.341 e. The lowest BCUT2D eigenvalue weighted by Gasteiger charge is -2.13. The summed E-state index contributed by atoms with van der Waals surface area (Å²) in [6.07, 6.45) is 1.32. The molecule has 126 valence electrons. The highest BCUT2D eigenvalue weighted by Crippen LogP contribution is 2.36. The molecule has 7 nitrogen and oxygen atoms in total. The van der Waals surface area contributed by atoms with Crippen LogP contribution in [0.2, 0.25) is 0 Å². The molecule has 0 aliphatic carbocycles. The first kappa shape index (κ1) is 15.1. The summed E-state index contributed by atoms with van der Waals surface area (Å²) >= 11 is 0. The zero-order chi connectivity index (χ0) is 17.6. The van der Waals surface area contributed by atoms with Crippen molar-refractivity contribution in [2.75, 3.05) is 13.9 Å². The van der Waals surface area contributed by atoms with Gasteiger partial charge in [0.15, 0.2) is 11.5 Å². The normalized spacial score (nSPS) is 12.4. The lowest BCUT2D eigenvalue weighted by atomic mass is 10.1. The zero-order valence-electron chi connectivity index (χ0n) is 13.2. The number of hydrogen-bond donors (Lipinski definition) is 1. The van der Waals surface area contributed by atoms with E-state index in [4.69, 9.17) is 14.2 Å². The molecule has 1 aliphatic rings. The molecule has 0 fully saturated rings. The van der Waals surface area contributed by atoms with Gasteiger partial charge in [-0.3, -0.25) is 4.79 Å². The van der Waals surface area contributed by atoms with Gasteiger partial charge >= 0.3 is 5.97 Å². The van der Waals surface area contributed by atoms with E-state index in [2.05, 4.69) is 0 Å². The predicted molar refractivity (Wildman–Crippen MR) is 89.2 cm³/mol. The minimum Gasteiger partial charge on any atom is -0.497 e. The highest BCUT2D eigenvalue weighted by atomic mass is 16.7. The van der Waals surface area contributed by atoms with E-state index >= 15 is 0 Å². The third kappa shape index (κ3) is 2.37. The van der Waals surface area contributed by atoms with Gasteiger partial charge in [-0.1, -0.05) is 0 Å². The summed E-state index contributed by atoms with van der Waals surface area (Å²) in [7, 11) is 1.56. The standard InChI is InChI=1S/C18H13NO6/c1-23-11-4-2-10(3-5-11)19-8-13(18(21)22)17(20)12-6-15-16(7-14(12)19)25-9-24-15/h2-8H,9H2,1H3,(H,21,22). The second-order valence-corrected chi connectivity index (χ2v) is 5.47. The van der Waals surface area contributed by atoms with Crippen molar-refractivity contribution in [2.45, 2.75) is 0 Å². The van der Waals surface area contributed by atoms with Gasteiger partial charge in [-0.2, -0.15) is 0 Å². The number of aromatic carboxylic acids is 1. The highest BCUT2D eigenvalue weighted by molar-refractivity contribution is 5.94. The summed E-state index contributed by atoms with van der Waals surface area (Å²) in [4.78, 5) is 24.0. The van der Waals surface area contributed by atoms with Gasteiger partial charge in [0.05, 0.1) is 18.0 Å². The van der Waals surface area contributed by atoms with Gasteiger partial charge in [0, 0.05) is 18.0 Å². The van der Waals surface area contributed by atoms with E-state index < -0.39 is 11.4 Å². The van der Waals surface area contributed by atoms with Crippen LogP contribution in [0.1, 0.15) is 10.4 Å². The quantitative estimate of drug-likeness (QED) is 0.789. The molecule has 1 aliphatic heterocycles. The second kappa shape index (κ2) is 5.55. The van der Waals surface area contributed by atoms with E-state index in [1.54, 1.807) is 42.0 Å². The molecular weight excluding hydrogens is 326 g/mol. The smallest absolute Gasteiger partial charge is 0.341 e. The van der Waals surface area contributed by atoms with Gasteiger partial charge in [0.25, 0.3) is 0 Å². The molecule has 0 unspecified atom stereocenters. The number of pyridine rings is 1. The van der Waals surface area contributed by atoms with E-state index in [9.17, 15) is 14.7 Å². The van der Waals surface area contributed by atoms with Crippen LogP contribution in [-0.2, 0) is 0 Å². The molecule has 1 N–H and O–H groups in total. The van der Waals surface area contributed by atoms with E-state index in [1.165, 1.54) is 12.3 Å². The van der Waals surface area contributed by atoms with Crippen LogP contribution in [0, 0.1) is 0 Å². The fourth-order valence-corrected chi connectivity index (χ4v) is 2.82. The molecule has 3 aromatic rings. The number of aromatic nitrogens is 1. The zero-order valence-corrected chi connectivity index (χ0v) is 13.2. The molecule has 0 amide bonds. The Hall–Kier alpha value is -3.48. The van der Waals surface area contributed by atoms with E-state index in [0.29, 0.717) is 28.5 Å². The Bertz CT molecular complexity index is 1050. The minimum atomic E-state index is -1.29. The number of fused-ring (bicyclic) bond motifs is 2. The molecule has 25 heavy (non-hydrogen) atoms. The molecule has 0 radical (unpaired) electrons. The molecule has 0 spiro atoms. The summed E-state index contributed by atoms with van der Waals surface area (Å²) in [6.45, 7) is 0.0637. The van der Waals surface area contributed by atoms with Crippen molar-refractivity contribution < 1.29 is 24.1 Å². The molecular formula is C18H13NO6. The molecule has 7 heteroatoms. The number of carboxylic acids is 1. The van der Waals surface area contributed by atoms with Gasteiger partial charge in [-0.05, 0) is 30.3 Å². The molecule has 0 atom stereocenters. The van der Waals surface area contributed by atoms with Crippen molar-refractivity contribution >= 4 is 16.9 Å². The number of nitrogens with zero attached hydrogens (tertiary/aromatic N) is 1. The lowest BCUT2D eigenvalue weighted by molar-refractivity contribution is 0.0695. The lowest BCUT2D eigenvalue weighted by Crippen LogP contribution is -2.18. The maximum atomic E-state index is 12.5. The molecule has 1 aromatic heterocycles. The Morgan fingerprint density at radius 3 is 2.48 bits per heavy atom. The summed E-state index contributed by atoms with van der Waals surface area (Å²) < 4.78 is 17.5. The summed E-state index contributed by atoms with van der Waals surface area (Å²) in [5, 5.41) is 9.63. The van der Waals surface area contributed by atoms with E-state index in [-0.39, 0.29) is 17.7 Å². The first-order valence-electron chi connectivity index (χ1n) is 7.45. The Kier molecular flexibility index (Phi) is 3.35. The van der Waals surface area contributed by atoms with Crippen molar-refractivity contribution in [1.82, 2.24) is 4.57 Å². The number of ether oxygens (including phenoxy) is 3. The average Bonchev–Trinajstić information content (AvgIpc) is 3.08. The first-order valence-corrected chi connectivity index (χ1v) is 7.45. The van der Waals surface area contributed by atoms with Crippen LogP contribution in [0.25, 0.3) is 16.6 Å². The fraction of sp³-hybridized carbons (Fsp3) is 0.111. The molecule has 4 rings (SSSR count). The summed E-state index contributed by atoms with van der Waals surface area (Å²) in [5.74, 6) is 0.322. The predicted octanol–water partition coefficient (Wildman–Crippen LogP) is 2.43. The van der Waals surface area contributed by atoms with Crippen LogP contribution in [-0.4, -0.2) is 29.5 Å². The SMILES string of the molecule is COc1ccc(-n2cc(C(=O)O)c(=O)c3cc4c(cc32)OCO4)cc1. The van der Waals surface area contributed by atoms with Crippen LogP contribution < -0.4 is 19.6 Å². The molecule has 2 heterocycles. The monoisotopic (exact) mass is 339 g/mol. The third-order valence-electron chi connectivity index (χ3n) is 4.08. The Morgan fingerprint density at radius 1 is 1.16 bits per heavy atom. The molecule has 0 saturated heterocycles. The van der Waals surface area contributed by atoms with Gasteiger partial charge < -0.3 is 23.9 Å². The van der Waals surface area contributed by atoms with Crippen molar-refractivity contribution in [3.63, 3.8) is 0 Å². The van der Waals surface area contributed by atoms with Crippen molar-refractivity contribution in [3.05, 3.63) is 58.4 Å². The van der Waals surface area contributed by atoms with Gasteiger partial charge in [0.1, 0.15) is 11.3 Å². The average molecular weight is 339 g/mol. The fourth-order valence-electron chi connectivity index (χ4n) is 2.82. The summed E-state index contributed by atoms with van der Waals surface area (Å²) in [5.41, 5.74) is 0.337. The molecule has 0 bridgehead atoms. The summed E-state index contributed by atoms with van der Waals surface area (Å²) in [6, 6.07) is 10.3. The van der Waals surface area contributed by atoms with Crippen LogP contribution >= 0.6 is 0 Å². The minimum absolute atomic E-state index is 0.0637. The van der Waals surface area contributed by atoms with Crippen molar-refractivity contribution in [1.29, 1.82) is 0 Å². The maximum absolute atomic E-state index is 12.5. The molecule has 0 saturated carbocycles. The van der Waals surface area contributed by atoms with Crippen LogP contribution in [0.5, 0.6) is 17.2 Å². The largest absolute Gasteiger partial charge is 0.497 e. The van der Waals surface area contributed by atoms with Gasteiger partial charge in [-0.25, -0.2) is 4.79 Å². The van der Waals surface area contributed by atoms with E-state index in [1.807, 2.05) is 0 Å². The number of rotatable bonds is 3. The second-order valence-electron chi connectivity index (χ2n) is 5.47. The Morgan fingerprint density at radius 2 is 1.84 bits per heavy atom. The number of carbonyl (C=O) groups is 1. The van der Waals surface area contributed by atoms with Gasteiger partial charge in [0.2, 0.25) is 12.2 Å². The number of carboxylic acid groups (broad SMARTS) is 1. The third-order valence-corrected chi connectivity index (χ3v) is 4.08. The number of hydrogen-bond acceptors (Lipinski definition) is 5. The number of benzene rings is 2. The first-order chi connectivity index (χ1) is 12.1. The molecule has 2 aromatic carbocycles. The number of methoxy groups -OCH3 is 1. The van der Waals surface area contributed by atoms with Crippen molar-refractivity contribution in [3.8, 4) is 22.9 Å². The highest BCUT2D eigenvalue weighted by Gasteiger charge is 2.21. The van der Waals surface area contributed by atoms with Crippen LogP contribution in [0.4, 0.5) is 0 Å². The Labute approximate surface area is 141 Å². The van der Waals surface area contributed by atoms with Crippen LogP contribution in [0.15, 0.2) is 47.4 Å². The van der Waals surface area contributed by atoms with Crippen LogP contribution in [0.3, 0.4) is 0 Å². The van der Waals surface area contributed by atoms with Gasteiger partial charge in [-0.15, -0.1) is 0 Å².